The number of piperazine rings is 1. The number of amides is 3. The average molecular weight is 431 g/mol. The molecular weight excluding hydrogens is 396 g/mol. The highest BCUT2D eigenvalue weighted by atomic mass is 16.6. The second-order valence-electron chi connectivity index (χ2n) is 9.34. The maximum Gasteiger partial charge on any atom is 0.410 e. The second kappa shape index (κ2) is 9.68. The largest absolute Gasteiger partial charge is 0.444 e. The van der Waals surface area contributed by atoms with Crippen molar-refractivity contribution in [2.75, 3.05) is 50.7 Å². The van der Waals surface area contributed by atoms with Gasteiger partial charge in [0, 0.05) is 57.9 Å². The standard InChI is InChI=1S/C23H34N4O4/c1-17-5-7-19(8-6-17)27-16-18(15-20(27)28)21(29)24-9-10-25-11-13-26(14-12-25)22(30)31-23(2,3)4/h5-8,18H,9-16H2,1-4H3,(H,24,29). The maximum absolute atomic E-state index is 12.6. The Balaban J connectivity index is 1.38. The third kappa shape index (κ3) is 6.43. The van der Waals surface area contributed by atoms with E-state index in [0.29, 0.717) is 26.2 Å². The third-order valence-electron chi connectivity index (χ3n) is 5.59. The van der Waals surface area contributed by atoms with Crippen LogP contribution in [0.25, 0.3) is 0 Å². The van der Waals surface area contributed by atoms with Crippen molar-refractivity contribution in [1.29, 1.82) is 0 Å². The lowest BCUT2D eigenvalue weighted by Gasteiger charge is -2.35. The molecule has 2 aliphatic heterocycles. The number of nitrogens with zero attached hydrogens (tertiary/aromatic N) is 3. The van der Waals surface area contributed by atoms with Crippen molar-refractivity contribution in [2.45, 2.75) is 39.7 Å². The normalized spacial score (nSPS) is 20.1. The number of carbonyl (C=O) groups is 3. The minimum Gasteiger partial charge on any atom is -0.444 e. The molecule has 0 aliphatic carbocycles. The number of nitrogens with one attached hydrogen (secondary N) is 1. The van der Waals surface area contributed by atoms with E-state index < -0.39 is 5.60 Å². The van der Waals surface area contributed by atoms with E-state index in [9.17, 15) is 14.4 Å². The molecule has 8 nitrogen and oxygen atoms in total. The van der Waals surface area contributed by atoms with Crippen molar-refractivity contribution >= 4 is 23.6 Å². The molecule has 31 heavy (non-hydrogen) atoms. The highest BCUT2D eigenvalue weighted by Crippen LogP contribution is 2.25. The molecule has 1 aromatic carbocycles. The van der Waals surface area contributed by atoms with Gasteiger partial charge in [0.05, 0.1) is 5.92 Å². The quantitative estimate of drug-likeness (QED) is 0.773. The van der Waals surface area contributed by atoms with E-state index in [-0.39, 0.29) is 30.2 Å². The van der Waals surface area contributed by atoms with Crippen LogP contribution in [0.1, 0.15) is 32.8 Å². The van der Waals surface area contributed by atoms with E-state index in [2.05, 4.69) is 10.2 Å². The minimum atomic E-state index is -0.491. The molecule has 1 N–H and O–H groups in total. The molecule has 3 rings (SSSR count). The molecular formula is C23H34N4O4. The van der Waals surface area contributed by atoms with Crippen molar-refractivity contribution in [1.82, 2.24) is 15.1 Å². The molecule has 2 saturated heterocycles. The van der Waals surface area contributed by atoms with Gasteiger partial charge in [0.1, 0.15) is 5.60 Å². The average Bonchev–Trinajstić information content (AvgIpc) is 3.09. The van der Waals surface area contributed by atoms with Gasteiger partial charge >= 0.3 is 6.09 Å². The van der Waals surface area contributed by atoms with Gasteiger partial charge < -0.3 is 19.9 Å². The van der Waals surface area contributed by atoms with Crippen LogP contribution in [0.4, 0.5) is 10.5 Å². The van der Waals surface area contributed by atoms with Gasteiger partial charge in [-0.3, -0.25) is 14.5 Å². The van der Waals surface area contributed by atoms with Crippen LogP contribution in [-0.2, 0) is 14.3 Å². The fraction of sp³-hybridized carbons (Fsp3) is 0.609. The zero-order valence-corrected chi connectivity index (χ0v) is 19.0. The first-order valence-electron chi connectivity index (χ1n) is 11.0. The third-order valence-corrected chi connectivity index (χ3v) is 5.59. The molecule has 2 fully saturated rings. The lowest BCUT2D eigenvalue weighted by molar-refractivity contribution is -0.126. The highest BCUT2D eigenvalue weighted by molar-refractivity contribution is 6.00. The molecule has 0 radical (unpaired) electrons. The first kappa shape index (κ1) is 23.1. The number of anilines is 1. The Morgan fingerprint density at radius 1 is 1.10 bits per heavy atom. The number of ether oxygens (including phenoxy) is 1. The van der Waals surface area contributed by atoms with Crippen molar-refractivity contribution in [2.24, 2.45) is 5.92 Å². The van der Waals surface area contributed by atoms with Crippen LogP contribution in [0.2, 0.25) is 0 Å². The van der Waals surface area contributed by atoms with Crippen LogP contribution in [0.3, 0.4) is 0 Å². The molecule has 1 aromatic rings. The van der Waals surface area contributed by atoms with Crippen molar-refractivity contribution in [3.8, 4) is 0 Å². The van der Waals surface area contributed by atoms with E-state index in [0.717, 1.165) is 30.9 Å². The number of aryl methyl sites for hydroxylation is 1. The summed E-state index contributed by atoms with van der Waals surface area (Å²) in [7, 11) is 0. The van der Waals surface area contributed by atoms with E-state index >= 15 is 0 Å². The predicted octanol–water partition coefficient (Wildman–Crippen LogP) is 2.02. The maximum atomic E-state index is 12.6. The van der Waals surface area contributed by atoms with E-state index in [1.807, 2.05) is 52.0 Å². The first-order valence-corrected chi connectivity index (χ1v) is 11.0. The first-order chi connectivity index (χ1) is 14.6. The van der Waals surface area contributed by atoms with Crippen LogP contribution in [-0.4, -0.2) is 79.1 Å². The summed E-state index contributed by atoms with van der Waals surface area (Å²) in [6.07, 6.45) is -0.0293. The number of carbonyl (C=O) groups excluding carboxylic acids is 3. The fourth-order valence-electron chi connectivity index (χ4n) is 3.82. The van der Waals surface area contributed by atoms with Gasteiger partial charge in [0.2, 0.25) is 11.8 Å². The second-order valence-corrected chi connectivity index (χ2v) is 9.34. The Kier molecular flexibility index (Phi) is 7.20. The minimum absolute atomic E-state index is 0.0118. The molecule has 2 aliphatic rings. The summed E-state index contributed by atoms with van der Waals surface area (Å²) in [5.74, 6) is -0.407. The molecule has 170 valence electrons. The summed E-state index contributed by atoms with van der Waals surface area (Å²) < 4.78 is 5.42. The molecule has 1 atom stereocenters. The number of benzene rings is 1. The molecule has 2 heterocycles. The Labute approximate surface area is 184 Å². The summed E-state index contributed by atoms with van der Waals surface area (Å²) in [5, 5.41) is 2.97. The van der Waals surface area contributed by atoms with Gasteiger partial charge in [-0.1, -0.05) is 17.7 Å². The Morgan fingerprint density at radius 3 is 2.35 bits per heavy atom. The molecule has 0 aromatic heterocycles. The smallest absolute Gasteiger partial charge is 0.410 e. The summed E-state index contributed by atoms with van der Waals surface area (Å²) >= 11 is 0. The van der Waals surface area contributed by atoms with E-state index in [1.54, 1.807) is 9.80 Å². The van der Waals surface area contributed by atoms with Gasteiger partial charge in [0.15, 0.2) is 0 Å². The van der Waals surface area contributed by atoms with Crippen LogP contribution in [0.15, 0.2) is 24.3 Å². The van der Waals surface area contributed by atoms with E-state index in [4.69, 9.17) is 4.74 Å². The SMILES string of the molecule is Cc1ccc(N2CC(C(=O)NCCN3CCN(C(=O)OC(C)(C)C)CC3)CC2=O)cc1. The summed E-state index contributed by atoms with van der Waals surface area (Å²) in [6.45, 7) is 12.0. The van der Waals surface area contributed by atoms with Crippen molar-refractivity contribution < 1.29 is 19.1 Å². The van der Waals surface area contributed by atoms with Crippen LogP contribution in [0, 0.1) is 12.8 Å². The zero-order chi connectivity index (χ0) is 22.6. The lowest BCUT2D eigenvalue weighted by atomic mass is 10.1. The predicted molar refractivity (Wildman–Crippen MR) is 119 cm³/mol. The summed E-state index contributed by atoms with van der Waals surface area (Å²) in [6, 6.07) is 7.78. The number of rotatable bonds is 5. The van der Waals surface area contributed by atoms with Gasteiger partial charge in [-0.05, 0) is 39.8 Å². The topological polar surface area (TPSA) is 82.2 Å². The Hall–Kier alpha value is -2.61. The summed E-state index contributed by atoms with van der Waals surface area (Å²) in [4.78, 5) is 42.7. The number of hydrogen-bond acceptors (Lipinski definition) is 5. The highest BCUT2D eigenvalue weighted by Gasteiger charge is 2.35. The fourth-order valence-corrected chi connectivity index (χ4v) is 3.82. The molecule has 0 spiro atoms. The molecule has 0 bridgehead atoms. The lowest BCUT2D eigenvalue weighted by Crippen LogP contribution is -2.51. The molecule has 0 saturated carbocycles. The van der Waals surface area contributed by atoms with Gasteiger partial charge in [-0.2, -0.15) is 0 Å². The van der Waals surface area contributed by atoms with Crippen molar-refractivity contribution in [3.63, 3.8) is 0 Å². The van der Waals surface area contributed by atoms with Crippen LogP contribution in [0.5, 0.6) is 0 Å². The van der Waals surface area contributed by atoms with Gasteiger partial charge in [-0.15, -0.1) is 0 Å². The van der Waals surface area contributed by atoms with Gasteiger partial charge in [-0.25, -0.2) is 4.79 Å². The van der Waals surface area contributed by atoms with Crippen molar-refractivity contribution in [3.05, 3.63) is 29.8 Å². The summed E-state index contributed by atoms with van der Waals surface area (Å²) in [5.41, 5.74) is 1.49. The van der Waals surface area contributed by atoms with Gasteiger partial charge in [0.25, 0.3) is 0 Å². The van der Waals surface area contributed by atoms with E-state index in [1.165, 1.54) is 0 Å². The van der Waals surface area contributed by atoms with Crippen LogP contribution >= 0.6 is 0 Å². The Morgan fingerprint density at radius 2 is 1.74 bits per heavy atom. The van der Waals surface area contributed by atoms with Crippen LogP contribution < -0.4 is 10.2 Å². The molecule has 3 amide bonds. The molecule has 1 unspecified atom stereocenters. The molecule has 8 heteroatoms. The Bertz CT molecular complexity index is 795. The number of hydrogen-bond donors (Lipinski definition) is 1. The zero-order valence-electron chi connectivity index (χ0n) is 19.0. The monoisotopic (exact) mass is 430 g/mol.